The van der Waals surface area contributed by atoms with E-state index in [2.05, 4.69) is 12.2 Å². The van der Waals surface area contributed by atoms with Crippen molar-refractivity contribution in [3.05, 3.63) is 72.1 Å². The van der Waals surface area contributed by atoms with Crippen molar-refractivity contribution in [2.75, 3.05) is 34.0 Å². The van der Waals surface area contributed by atoms with Crippen LogP contribution in [0.25, 0.3) is 11.1 Å². The standard InChI is InChI=1S/C45H66FNO9/c1-7-8-9-13-18-27-44(54-31-32-55-44)28-19-14-11-10-12-15-21-37(45(51,29-30-52-5)42(50)56-43(2,3)4)40(48)47-39(41(49)53-6)33-34-23-25-35(26-24-34)36-20-16-17-22-38(36)46/h15-17,20-26,37,39,51H,7-14,18-19,27-33H2,1-6H3,(H,47,48)/b21-15+/t37-,39?,45+/m1/s1. The van der Waals surface area contributed by atoms with E-state index >= 15 is 0 Å². The number of nitrogens with one attached hydrogen (secondary N) is 1. The normalized spacial score (nSPS) is 16.3. The van der Waals surface area contributed by atoms with E-state index in [-0.39, 0.29) is 25.3 Å². The minimum absolute atomic E-state index is 0.0319. The van der Waals surface area contributed by atoms with Gasteiger partial charge in [-0.15, -0.1) is 0 Å². The number of hydrogen-bond acceptors (Lipinski definition) is 9. The van der Waals surface area contributed by atoms with E-state index in [0.717, 1.165) is 44.9 Å². The molecule has 312 valence electrons. The van der Waals surface area contributed by atoms with Crippen LogP contribution in [0.4, 0.5) is 4.39 Å². The molecule has 2 aromatic rings. The molecular formula is C45H66FNO9. The number of aliphatic hydroxyl groups is 1. The third kappa shape index (κ3) is 15.0. The van der Waals surface area contributed by atoms with Gasteiger partial charge in [0, 0.05) is 45.0 Å². The molecule has 0 bridgehead atoms. The van der Waals surface area contributed by atoms with Gasteiger partial charge in [0.05, 0.1) is 26.2 Å². The molecule has 2 N–H and O–H groups in total. The molecule has 56 heavy (non-hydrogen) atoms. The predicted molar refractivity (Wildman–Crippen MR) is 215 cm³/mol. The molecule has 2 aromatic carbocycles. The molecule has 1 unspecified atom stereocenters. The maximum Gasteiger partial charge on any atom is 0.339 e. The Morgan fingerprint density at radius 1 is 0.911 bits per heavy atom. The van der Waals surface area contributed by atoms with Crippen LogP contribution in [0.2, 0.25) is 0 Å². The highest BCUT2D eigenvalue weighted by Crippen LogP contribution is 2.33. The van der Waals surface area contributed by atoms with Gasteiger partial charge in [0.2, 0.25) is 5.91 Å². The van der Waals surface area contributed by atoms with Crippen LogP contribution in [0.3, 0.4) is 0 Å². The second kappa shape index (κ2) is 23.6. The van der Waals surface area contributed by atoms with Crippen LogP contribution >= 0.6 is 0 Å². The summed E-state index contributed by atoms with van der Waals surface area (Å²) < 4.78 is 42.5. The highest BCUT2D eigenvalue weighted by atomic mass is 19.1. The van der Waals surface area contributed by atoms with Crippen molar-refractivity contribution in [1.29, 1.82) is 0 Å². The zero-order chi connectivity index (χ0) is 41.0. The summed E-state index contributed by atoms with van der Waals surface area (Å²) in [5.74, 6) is -4.66. The van der Waals surface area contributed by atoms with Crippen LogP contribution in [-0.4, -0.2) is 80.0 Å². The zero-order valence-corrected chi connectivity index (χ0v) is 34.5. The van der Waals surface area contributed by atoms with Crippen LogP contribution in [0.15, 0.2) is 60.7 Å². The van der Waals surface area contributed by atoms with Crippen LogP contribution in [0, 0.1) is 11.7 Å². The fraction of sp³-hybridized carbons (Fsp3) is 0.622. The molecule has 1 aliphatic rings. The Bertz CT molecular complexity index is 1520. The van der Waals surface area contributed by atoms with E-state index in [9.17, 15) is 23.9 Å². The number of allylic oxidation sites excluding steroid dienone is 1. The monoisotopic (exact) mass is 783 g/mol. The molecule has 1 amide bonds. The topological polar surface area (TPSA) is 130 Å². The first-order chi connectivity index (χ1) is 26.8. The second-order valence-electron chi connectivity index (χ2n) is 15.8. The molecule has 0 saturated carbocycles. The first kappa shape index (κ1) is 46.7. The van der Waals surface area contributed by atoms with Crippen molar-refractivity contribution in [2.45, 2.75) is 141 Å². The molecule has 0 spiro atoms. The molecule has 10 nitrogen and oxygen atoms in total. The number of hydrogen-bond donors (Lipinski definition) is 2. The van der Waals surface area contributed by atoms with Gasteiger partial charge in [-0.05, 0) is 63.6 Å². The van der Waals surface area contributed by atoms with Gasteiger partial charge >= 0.3 is 11.9 Å². The number of rotatable bonds is 25. The van der Waals surface area contributed by atoms with E-state index in [0.29, 0.717) is 36.3 Å². The lowest BCUT2D eigenvalue weighted by Crippen LogP contribution is -2.56. The first-order valence-corrected chi connectivity index (χ1v) is 20.4. The van der Waals surface area contributed by atoms with Gasteiger partial charge < -0.3 is 34.1 Å². The van der Waals surface area contributed by atoms with Gasteiger partial charge in [0.15, 0.2) is 11.4 Å². The molecule has 0 aromatic heterocycles. The Kier molecular flexibility index (Phi) is 19.7. The first-order valence-electron chi connectivity index (χ1n) is 20.4. The van der Waals surface area contributed by atoms with Crippen molar-refractivity contribution in [1.82, 2.24) is 5.32 Å². The lowest BCUT2D eigenvalue weighted by Gasteiger charge is -2.35. The van der Waals surface area contributed by atoms with Gasteiger partial charge in [-0.3, -0.25) is 4.79 Å². The average Bonchev–Trinajstić information content (AvgIpc) is 3.64. The zero-order valence-electron chi connectivity index (χ0n) is 34.5. The lowest BCUT2D eigenvalue weighted by atomic mass is 9.82. The fourth-order valence-electron chi connectivity index (χ4n) is 6.97. The van der Waals surface area contributed by atoms with E-state index in [1.807, 2.05) is 0 Å². The van der Waals surface area contributed by atoms with E-state index in [4.69, 9.17) is 23.7 Å². The van der Waals surface area contributed by atoms with Gasteiger partial charge in [0.25, 0.3) is 0 Å². The minimum atomic E-state index is -2.31. The Morgan fingerprint density at radius 3 is 2.12 bits per heavy atom. The maximum atomic E-state index is 14.4. The lowest BCUT2D eigenvalue weighted by molar-refractivity contribution is -0.185. The number of carbonyl (C=O) groups excluding carboxylic acids is 3. The smallest absolute Gasteiger partial charge is 0.339 e. The maximum absolute atomic E-state index is 14.4. The van der Waals surface area contributed by atoms with Crippen molar-refractivity contribution in [3.8, 4) is 11.1 Å². The Hall–Kier alpha value is -3.64. The number of ether oxygens (including phenoxy) is 5. The van der Waals surface area contributed by atoms with E-state index < -0.39 is 46.8 Å². The van der Waals surface area contributed by atoms with Crippen molar-refractivity contribution in [3.63, 3.8) is 0 Å². The number of benzene rings is 2. The molecule has 1 heterocycles. The number of amides is 1. The number of halogens is 1. The summed E-state index contributed by atoms with van der Waals surface area (Å²) in [4.78, 5) is 40.8. The molecule has 1 fully saturated rings. The van der Waals surface area contributed by atoms with Crippen molar-refractivity contribution >= 4 is 17.8 Å². The molecule has 3 atom stereocenters. The molecule has 11 heteroatoms. The van der Waals surface area contributed by atoms with Crippen LogP contribution < -0.4 is 5.32 Å². The molecule has 3 rings (SSSR count). The number of unbranched alkanes of at least 4 members (excludes halogenated alkanes) is 8. The summed E-state index contributed by atoms with van der Waals surface area (Å²) in [5.41, 5.74) is -1.48. The molecule has 1 saturated heterocycles. The fourth-order valence-corrected chi connectivity index (χ4v) is 6.97. The van der Waals surface area contributed by atoms with Gasteiger partial charge in [-0.1, -0.05) is 100 Å². The number of carbonyl (C=O) groups is 3. The average molecular weight is 784 g/mol. The molecule has 0 aliphatic carbocycles. The SMILES string of the molecule is CCCCCCCC1(CCCCCC/C=C/[C@H](C(=O)NC(Cc2ccc(-c3ccccc3F)cc2)C(=O)OC)[C@@](O)(CCOC)C(=O)OC(C)(C)C)OCCO1. The summed E-state index contributed by atoms with van der Waals surface area (Å²) in [6.07, 6.45) is 15.2. The highest BCUT2D eigenvalue weighted by molar-refractivity contribution is 5.93. The quantitative estimate of drug-likeness (QED) is 0.0579. The summed E-state index contributed by atoms with van der Waals surface area (Å²) in [7, 11) is 2.66. The molecular weight excluding hydrogens is 717 g/mol. The Balaban J connectivity index is 1.72. The van der Waals surface area contributed by atoms with Crippen LogP contribution in [0.1, 0.15) is 117 Å². The summed E-state index contributed by atoms with van der Waals surface area (Å²) in [5, 5.41) is 14.8. The van der Waals surface area contributed by atoms with Crippen LogP contribution in [-0.2, 0) is 44.5 Å². The minimum Gasteiger partial charge on any atom is -0.467 e. The third-order valence-electron chi connectivity index (χ3n) is 10.1. The molecule has 1 aliphatic heterocycles. The van der Waals surface area contributed by atoms with Gasteiger partial charge in [0.1, 0.15) is 17.5 Å². The Labute approximate surface area is 333 Å². The third-order valence-corrected chi connectivity index (χ3v) is 10.1. The molecule has 0 radical (unpaired) electrons. The number of esters is 2. The largest absolute Gasteiger partial charge is 0.467 e. The van der Waals surface area contributed by atoms with Crippen molar-refractivity contribution in [2.24, 2.45) is 5.92 Å². The summed E-state index contributed by atoms with van der Waals surface area (Å²) in [6.45, 7) is 8.49. The van der Waals surface area contributed by atoms with Crippen LogP contribution in [0.5, 0.6) is 0 Å². The summed E-state index contributed by atoms with van der Waals surface area (Å²) in [6, 6.07) is 12.3. The Morgan fingerprint density at radius 2 is 1.54 bits per heavy atom. The predicted octanol–water partition coefficient (Wildman–Crippen LogP) is 8.42. The van der Waals surface area contributed by atoms with Crippen molar-refractivity contribution < 1.29 is 47.6 Å². The van der Waals surface area contributed by atoms with E-state index in [1.54, 1.807) is 69.3 Å². The van der Waals surface area contributed by atoms with Gasteiger partial charge in [-0.2, -0.15) is 0 Å². The van der Waals surface area contributed by atoms with Gasteiger partial charge in [-0.25, -0.2) is 14.0 Å². The number of methoxy groups -OCH3 is 2. The van der Waals surface area contributed by atoms with E-state index in [1.165, 1.54) is 52.0 Å². The second-order valence-corrected chi connectivity index (χ2v) is 15.8. The summed E-state index contributed by atoms with van der Waals surface area (Å²) >= 11 is 0. The highest BCUT2D eigenvalue weighted by Gasteiger charge is 2.49.